The normalized spacial score (nSPS) is 16.1. The molecule has 1 aliphatic rings. The molecule has 0 bridgehead atoms. The van der Waals surface area contributed by atoms with Gasteiger partial charge in [0.05, 0.1) is 11.4 Å². The molecule has 2 aromatic rings. The van der Waals surface area contributed by atoms with Crippen LogP contribution in [0.2, 0.25) is 0 Å². The number of carbonyl (C=O) groups excluding carboxylic acids is 1. The van der Waals surface area contributed by atoms with Gasteiger partial charge in [0.1, 0.15) is 11.5 Å². The predicted octanol–water partition coefficient (Wildman–Crippen LogP) is 3.27. The van der Waals surface area contributed by atoms with Crippen LogP contribution in [0.15, 0.2) is 28.7 Å². The van der Waals surface area contributed by atoms with E-state index in [9.17, 15) is 9.00 Å². The Morgan fingerprint density at radius 2 is 1.92 bits per heavy atom. The third-order valence-electron chi connectivity index (χ3n) is 4.50. The second-order valence-electron chi connectivity index (χ2n) is 6.67. The van der Waals surface area contributed by atoms with Gasteiger partial charge in [-0.05, 0) is 38.8 Å². The average Bonchev–Trinajstić information content (AvgIpc) is 3.18. The summed E-state index contributed by atoms with van der Waals surface area (Å²) in [6.45, 7) is 3.84. The van der Waals surface area contributed by atoms with Crippen LogP contribution < -0.4 is 5.32 Å². The second-order valence-corrected chi connectivity index (χ2v) is 8.12. The molecule has 134 valence electrons. The van der Waals surface area contributed by atoms with E-state index in [1.54, 1.807) is 0 Å². The third kappa shape index (κ3) is 4.78. The SMILES string of the molecule is Cc1ccc(-c2nc(C[S@@](=O)CC(=O)NC3CCCC3)c(C)o2)cc1. The summed E-state index contributed by atoms with van der Waals surface area (Å²) in [5.74, 6) is 1.30. The van der Waals surface area contributed by atoms with Gasteiger partial charge in [0, 0.05) is 22.4 Å². The van der Waals surface area contributed by atoms with E-state index in [1.165, 1.54) is 5.56 Å². The lowest BCUT2D eigenvalue weighted by Crippen LogP contribution is -2.35. The molecule has 1 aromatic heterocycles. The van der Waals surface area contributed by atoms with E-state index < -0.39 is 10.8 Å². The molecule has 1 fully saturated rings. The van der Waals surface area contributed by atoms with Gasteiger partial charge in [-0.2, -0.15) is 0 Å². The van der Waals surface area contributed by atoms with Crippen LogP contribution in [0, 0.1) is 13.8 Å². The number of carbonyl (C=O) groups is 1. The second kappa shape index (κ2) is 7.95. The summed E-state index contributed by atoms with van der Waals surface area (Å²) in [5, 5.41) is 2.97. The van der Waals surface area contributed by atoms with Gasteiger partial charge >= 0.3 is 0 Å². The van der Waals surface area contributed by atoms with Gasteiger partial charge in [0.2, 0.25) is 11.8 Å². The lowest BCUT2D eigenvalue weighted by Gasteiger charge is -2.11. The minimum Gasteiger partial charge on any atom is -0.441 e. The molecule has 1 aromatic carbocycles. The molecule has 1 saturated carbocycles. The lowest BCUT2D eigenvalue weighted by molar-refractivity contribution is -0.119. The standard InChI is InChI=1S/C19H24N2O3S/c1-13-7-9-15(10-8-13)19-21-17(14(2)24-19)11-25(23)12-18(22)20-16-5-3-4-6-16/h7-10,16H,3-6,11-12H2,1-2H3,(H,20,22)/t25-/m1/s1. The smallest absolute Gasteiger partial charge is 0.232 e. The first-order chi connectivity index (χ1) is 12.0. The average molecular weight is 360 g/mol. The molecule has 0 radical (unpaired) electrons. The molecule has 5 nitrogen and oxygen atoms in total. The summed E-state index contributed by atoms with van der Waals surface area (Å²) >= 11 is 0. The van der Waals surface area contributed by atoms with Crippen LogP contribution in [0.4, 0.5) is 0 Å². The summed E-state index contributed by atoms with van der Waals surface area (Å²) in [6.07, 6.45) is 4.38. The van der Waals surface area contributed by atoms with E-state index in [2.05, 4.69) is 10.3 Å². The number of hydrogen-bond acceptors (Lipinski definition) is 4. The molecular weight excluding hydrogens is 336 g/mol. The highest BCUT2D eigenvalue weighted by Crippen LogP contribution is 2.23. The lowest BCUT2D eigenvalue weighted by atomic mass is 10.1. The molecule has 0 aliphatic heterocycles. The van der Waals surface area contributed by atoms with Crippen molar-refractivity contribution in [2.75, 3.05) is 5.75 Å². The topological polar surface area (TPSA) is 72.2 Å². The molecule has 1 amide bonds. The number of benzene rings is 1. The Labute approximate surface area is 150 Å². The fourth-order valence-corrected chi connectivity index (χ4v) is 4.12. The van der Waals surface area contributed by atoms with E-state index in [4.69, 9.17) is 4.42 Å². The van der Waals surface area contributed by atoms with Gasteiger partial charge in [0.15, 0.2) is 0 Å². The fraction of sp³-hybridized carbons (Fsp3) is 0.474. The van der Waals surface area contributed by atoms with Crippen molar-refractivity contribution >= 4 is 16.7 Å². The number of amides is 1. The summed E-state index contributed by atoms with van der Waals surface area (Å²) in [5.41, 5.74) is 2.72. The van der Waals surface area contributed by atoms with E-state index in [0.29, 0.717) is 17.3 Å². The zero-order chi connectivity index (χ0) is 17.8. The number of aryl methyl sites for hydroxylation is 2. The monoisotopic (exact) mass is 360 g/mol. The first kappa shape index (κ1) is 17.9. The van der Waals surface area contributed by atoms with E-state index in [1.807, 2.05) is 38.1 Å². The largest absolute Gasteiger partial charge is 0.441 e. The Bertz CT molecular complexity index is 761. The number of nitrogens with zero attached hydrogens (tertiary/aromatic N) is 1. The minimum atomic E-state index is -1.29. The van der Waals surface area contributed by atoms with Crippen molar-refractivity contribution in [3.8, 4) is 11.5 Å². The zero-order valence-corrected chi connectivity index (χ0v) is 15.5. The summed E-state index contributed by atoms with van der Waals surface area (Å²) in [7, 11) is -1.29. The summed E-state index contributed by atoms with van der Waals surface area (Å²) in [6, 6.07) is 8.17. The van der Waals surface area contributed by atoms with Crippen molar-refractivity contribution in [2.45, 2.75) is 51.3 Å². The van der Waals surface area contributed by atoms with Crippen LogP contribution in [0.5, 0.6) is 0 Å². The van der Waals surface area contributed by atoms with E-state index in [0.717, 1.165) is 31.2 Å². The number of aromatic nitrogens is 1. The van der Waals surface area contributed by atoms with Gasteiger partial charge in [-0.3, -0.25) is 9.00 Å². The van der Waals surface area contributed by atoms with Crippen LogP contribution in [0.25, 0.3) is 11.5 Å². The van der Waals surface area contributed by atoms with Crippen molar-refractivity contribution in [1.82, 2.24) is 10.3 Å². The van der Waals surface area contributed by atoms with Crippen molar-refractivity contribution in [3.63, 3.8) is 0 Å². The Kier molecular flexibility index (Phi) is 5.68. The number of nitrogens with one attached hydrogen (secondary N) is 1. The first-order valence-corrected chi connectivity index (χ1v) is 10.2. The van der Waals surface area contributed by atoms with Crippen molar-refractivity contribution in [1.29, 1.82) is 0 Å². The maximum Gasteiger partial charge on any atom is 0.232 e. The molecule has 1 aliphatic carbocycles. The van der Waals surface area contributed by atoms with Crippen LogP contribution in [-0.4, -0.2) is 26.9 Å². The maximum absolute atomic E-state index is 12.3. The van der Waals surface area contributed by atoms with Crippen LogP contribution in [0.3, 0.4) is 0 Å². The van der Waals surface area contributed by atoms with Gasteiger partial charge in [-0.1, -0.05) is 30.5 Å². The van der Waals surface area contributed by atoms with E-state index >= 15 is 0 Å². The number of rotatable bonds is 6. The molecule has 1 N–H and O–H groups in total. The van der Waals surface area contributed by atoms with Crippen molar-refractivity contribution in [3.05, 3.63) is 41.3 Å². The molecule has 1 heterocycles. The first-order valence-electron chi connectivity index (χ1n) is 8.69. The highest BCUT2D eigenvalue weighted by atomic mass is 32.2. The van der Waals surface area contributed by atoms with Gasteiger partial charge in [-0.25, -0.2) is 4.98 Å². The quantitative estimate of drug-likeness (QED) is 0.858. The summed E-state index contributed by atoms with van der Waals surface area (Å²) in [4.78, 5) is 16.5. The van der Waals surface area contributed by atoms with E-state index in [-0.39, 0.29) is 23.5 Å². The predicted molar refractivity (Wildman–Crippen MR) is 98.5 cm³/mol. The van der Waals surface area contributed by atoms with Crippen LogP contribution in [-0.2, 0) is 21.3 Å². The molecule has 0 unspecified atom stereocenters. The van der Waals surface area contributed by atoms with Crippen molar-refractivity contribution in [2.24, 2.45) is 0 Å². The molecule has 0 saturated heterocycles. The highest BCUT2D eigenvalue weighted by molar-refractivity contribution is 7.84. The van der Waals surface area contributed by atoms with Gasteiger partial charge in [0.25, 0.3) is 0 Å². The molecule has 6 heteroatoms. The Balaban J connectivity index is 1.59. The van der Waals surface area contributed by atoms with Crippen molar-refractivity contribution < 1.29 is 13.4 Å². The molecule has 3 rings (SSSR count). The number of oxazole rings is 1. The van der Waals surface area contributed by atoms with Crippen LogP contribution in [0.1, 0.15) is 42.7 Å². The molecule has 0 spiro atoms. The Morgan fingerprint density at radius 3 is 2.60 bits per heavy atom. The van der Waals surface area contributed by atoms with Gasteiger partial charge < -0.3 is 9.73 Å². The minimum absolute atomic E-state index is 0.0165. The van der Waals surface area contributed by atoms with Gasteiger partial charge in [-0.15, -0.1) is 0 Å². The third-order valence-corrected chi connectivity index (χ3v) is 5.68. The highest BCUT2D eigenvalue weighted by Gasteiger charge is 2.20. The molecule has 1 atom stereocenters. The maximum atomic E-state index is 12.3. The van der Waals surface area contributed by atoms with Crippen LogP contribution >= 0.6 is 0 Å². The molecule has 25 heavy (non-hydrogen) atoms. The summed E-state index contributed by atoms with van der Waals surface area (Å²) < 4.78 is 18.0. The number of hydrogen-bond donors (Lipinski definition) is 1. The Morgan fingerprint density at radius 1 is 1.24 bits per heavy atom. The Hall–Kier alpha value is -1.95. The zero-order valence-electron chi connectivity index (χ0n) is 14.7. The fourth-order valence-electron chi connectivity index (χ4n) is 3.07. The molecular formula is C19H24N2O3S.